The number of amides is 1. The summed E-state index contributed by atoms with van der Waals surface area (Å²) in [6.45, 7) is 1.89. The van der Waals surface area contributed by atoms with Gasteiger partial charge in [0, 0.05) is 17.5 Å². The van der Waals surface area contributed by atoms with E-state index in [2.05, 4.69) is 10.0 Å². The molecule has 0 saturated carbocycles. The molecule has 0 fully saturated rings. The molecule has 0 spiro atoms. The van der Waals surface area contributed by atoms with Gasteiger partial charge in [0.2, 0.25) is 5.91 Å². The van der Waals surface area contributed by atoms with Crippen molar-refractivity contribution in [2.75, 3.05) is 10.0 Å². The van der Waals surface area contributed by atoms with Gasteiger partial charge in [-0.1, -0.05) is 42.5 Å². The van der Waals surface area contributed by atoms with Gasteiger partial charge < -0.3 is 5.32 Å². The van der Waals surface area contributed by atoms with E-state index in [0.717, 1.165) is 11.1 Å². The molecule has 0 radical (unpaired) electrons. The smallest absolute Gasteiger partial charge is 0.261 e. The van der Waals surface area contributed by atoms with Crippen molar-refractivity contribution >= 4 is 33.4 Å². The zero-order valence-corrected chi connectivity index (χ0v) is 16.1. The lowest BCUT2D eigenvalue weighted by Crippen LogP contribution is -2.13. The number of carbonyl (C=O) groups excluding carboxylic acids is 1. The summed E-state index contributed by atoms with van der Waals surface area (Å²) in [4.78, 5) is 12.1. The molecule has 3 rings (SSSR count). The number of nitrogens with one attached hydrogen (secondary N) is 2. The summed E-state index contributed by atoms with van der Waals surface area (Å²) in [5, 5.41) is 2.71. The molecule has 5 nitrogen and oxygen atoms in total. The molecule has 1 amide bonds. The highest BCUT2D eigenvalue weighted by molar-refractivity contribution is 7.92. The molecule has 0 unspecified atom stereocenters. The van der Waals surface area contributed by atoms with E-state index in [0.29, 0.717) is 11.4 Å². The molecule has 0 aliphatic carbocycles. The van der Waals surface area contributed by atoms with E-state index >= 15 is 0 Å². The quantitative estimate of drug-likeness (QED) is 0.609. The van der Waals surface area contributed by atoms with Gasteiger partial charge in [0.15, 0.2) is 0 Å². The molecule has 0 bridgehead atoms. The van der Waals surface area contributed by atoms with E-state index < -0.39 is 10.0 Å². The van der Waals surface area contributed by atoms with Gasteiger partial charge in [-0.25, -0.2) is 8.42 Å². The molecule has 142 valence electrons. The van der Waals surface area contributed by atoms with Crippen LogP contribution < -0.4 is 10.0 Å². The van der Waals surface area contributed by atoms with E-state index in [1.807, 2.05) is 43.3 Å². The molecule has 3 aromatic carbocycles. The first-order valence-corrected chi connectivity index (χ1v) is 10.1. The van der Waals surface area contributed by atoms with Crippen molar-refractivity contribution in [1.82, 2.24) is 0 Å². The van der Waals surface area contributed by atoms with Crippen molar-refractivity contribution in [1.29, 1.82) is 0 Å². The summed E-state index contributed by atoms with van der Waals surface area (Å²) < 4.78 is 27.5. The third-order valence-corrected chi connectivity index (χ3v) is 5.33. The Hall–Kier alpha value is -3.38. The normalized spacial score (nSPS) is 11.3. The second kappa shape index (κ2) is 8.54. The van der Waals surface area contributed by atoms with Gasteiger partial charge >= 0.3 is 0 Å². The summed E-state index contributed by atoms with van der Waals surface area (Å²) in [6.07, 6.45) is 3.14. The maximum Gasteiger partial charge on any atom is 0.261 e. The molecule has 0 saturated heterocycles. The van der Waals surface area contributed by atoms with Crippen molar-refractivity contribution < 1.29 is 13.2 Å². The van der Waals surface area contributed by atoms with E-state index in [-0.39, 0.29) is 10.8 Å². The Morgan fingerprint density at radius 2 is 1.57 bits per heavy atom. The third-order valence-electron chi connectivity index (χ3n) is 3.93. The van der Waals surface area contributed by atoms with E-state index in [4.69, 9.17) is 0 Å². The monoisotopic (exact) mass is 392 g/mol. The molecule has 2 N–H and O–H groups in total. The van der Waals surface area contributed by atoms with E-state index in [1.54, 1.807) is 36.4 Å². The lowest BCUT2D eigenvalue weighted by Gasteiger charge is -2.09. The fourth-order valence-electron chi connectivity index (χ4n) is 2.56. The maximum absolute atomic E-state index is 12.5. The van der Waals surface area contributed by atoms with Crippen LogP contribution in [0.1, 0.15) is 11.1 Å². The highest BCUT2D eigenvalue weighted by Crippen LogP contribution is 2.19. The van der Waals surface area contributed by atoms with Crippen LogP contribution in [-0.4, -0.2) is 14.3 Å². The Labute approximate surface area is 164 Å². The topological polar surface area (TPSA) is 75.3 Å². The van der Waals surface area contributed by atoms with Crippen LogP contribution in [0.5, 0.6) is 0 Å². The number of hydrogen-bond donors (Lipinski definition) is 2. The standard InChI is InChI=1S/C22H20N2O3S/c1-17-6-5-9-20(16-17)24-28(26,27)21-13-11-19(12-14-21)23-22(25)15-10-18-7-3-2-4-8-18/h2-16,24H,1H3,(H,23,25). The van der Waals surface area contributed by atoms with Crippen LogP contribution >= 0.6 is 0 Å². The predicted octanol–water partition coefficient (Wildman–Crippen LogP) is 4.45. The van der Waals surface area contributed by atoms with Crippen molar-refractivity contribution in [3.8, 4) is 0 Å². The minimum Gasteiger partial charge on any atom is -0.323 e. The van der Waals surface area contributed by atoms with Crippen LogP contribution in [-0.2, 0) is 14.8 Å². The minimum atomic E-state index is -3.70. The third kappa shape index (κ3) is 5.31. The number of hydrogen-bond acceptors (Lipinski definition) is 3. The second-order valence-electron chi connectivity index (χ2n) is 6.23. The molecule has 0 aromatic heterocycles. The highest BCUT2D eigenvalue weighted by Gasteiger charge is 2.14. The SMILES string of the molecule is Cc1cccc(NS(=O)(=O)c2ccc(NC(=O)C=Cc3ccccc3)cc2)c1. The number of aryl methyl sites for hydroxylation is 1. The maximum atomic E-state index is 12.5. The molecular formula is C22H20N2O3S. The number of rotatable bonds is 6. The minimum absolute atomic E-state index is 0.117. The summed E-state index contributed by atoms with van der Waals surface area (Å²) >= 11 is 0. The van der Waals surface area contributed by atoms with Crippen molar-refractivity contribution in [2.45, 2.75) is 11.8 Å². The number of sulfonamides is 1. The van der Waals surface area contributed by atoms with Gasteiger partial charge in [-0.2, -0.15) is 0 Å². The Morgan fingerprint density at radius 1 is 0.857 bits per heavy atom. The van der Waals surface area contributed by atoms with Gasteiger partial charge in [-0.15, -0.1) is 0 Å². The fraction of sp³-hybridized carbons (Fsp3) is 0.0455. The van der Waals surface area contributed by atoms with Gasteiger partial charge in [-0.3, -0.25) is 9.52 Å². The first-order chi connectivity index (χ1) is 13.4. The Bertz CT molecular complexity index is 1090. The molecule has 0 heterocycles. The predicted molar refractivity (Wildman–Crippen MR) is 113 cm³/mol. The highest BCUT2D eigenvalue weighted by atomic mass is 32.2. The average Bonchev–Trinajstić information content (AvgIpc) is 2.67. The van der Waals surface area contributed by atoms with Gasteiger partial charge in [0.1, 0.15) is 0 Å². The van der Waals surface area contributed by atoms with Crippen LogP contribution in [0.15, 0.2) is 89.8 Å². The van der Waals surface area contributed by atoms with Crippen LogP contribution in [0, 0.1) is 6.92 Å². The summed E-state index contributed by atoms with van der Waals surface area (Å²) in [5.41, 5.74) is 2.89. The number of benzene rings is 3. The van der Waals surface area contributed by atoms with E-state index in [9.17, 15) is 13.2 Å². The molecular weight excluding hydrogens is 372 g/mol. The lowest BCUT2D eigenvalue weighted by atomic mass is 10.2. The summed E-state index contributed by atoms with van der Waals surface area (Å²) in [6, 6.07) is 22.6. The van der Waals surface area contributed by atoms with Crippen LogP contribution in [0.4, 0.5) is 11.4 Å². The summed E-state index contributed by atoms with van der Waals surface area (Å²) in [5.74, 6) is -0.294. The largest absolute Gasteiger partial charge is 0.323 e. The molecule has 28 heavy (non-hydrogen) atoms. The molecule has 6 heteroatoms. The molecule has 0 aliphatic heterocycles. The van der Waals surface area contributed by atoms with Gasteiger partial charge in [0.05, 0.1) is 4.90 Å². The summed E-state index contributed by atoms with van der Waals surface area (Å²) in [7, 11) is -3.70. The van der Waals surface area contributed by atoms with Crippen molar-refractivity contribution in [3.63, 3.8) is 0 Å². The fourth-order valence-corrected chi connectivity index (χ4v) is 3.61. The van der Waals surface area contributed by atoms with Crippen LogP contribution in [0.3, 0.4) is 0 Å². The van der Waals surface area contributed by atoms with Gasteiger partial charge in [-0.05, 0) is 60.5 Å². The van der Waals surface area contributed by atoms with Crippen LogP contribution in [0.2, 0.25) is 0 Å². The number of anilines is 2. The Kier molecular flexibility index (Phi) is 5.91. The number of carbonyl (C=O) groups is 1. The average molecular weight is 392 g/mol. The molecule has 3 aromatic rings. The van der Waals surface area contributed by atoms with Crippen LogP contribution in [0.25, 0.3) is 6.08 Å². The Balaban J connectivity index is 1.65. The molecule has 0 aliphatic rings. The lowest BCUT2D eigenvalue weighted by molar-refractivity contribution is -0.111. The Morgan fingerprint density at radius 3 is 2.25 bits per heavy atom. The van der Waals surface area contributed by atoms with Crippen molar-refractivity contribution in [3.05, 3.63) is 96.1 Å². The molecule has 0 atom stereocenters. The zero-order chi connectivity index (χ0) is 20.0. The first kappa shape index (κ1) is 19.4. The second-order valence-corrected chi connectivity index (χ2v) is 7.92. The zero-order valence-electron chi connectivity index (χ0n) is 15.3. The van der Waals surface area contributed by atoms with E-state index in [1.165, 1.54) is 18.2 Å². The van der Waals surface area contributed by atoms with Gasteiger partial charge in [0.25, 0.3) is 10.0 Å². The first-order valence-electron chi connectivity index (χ1n) is 8.66. The van der Waals surface area contributed by atoms with Crippen molar-refractivity contribution in [2.24, 2.45) is 0 Å².